The number of likely N-dealkylation sites (tertiary alicyclic amines) is 1. The Labute approximate surface area is 211 Å². The number of halogens is 7. The zero-order chi connectivity index (χ0) is 26.5. The number of hydrogen-bond donors (Lipinski definition) is 1. The lowest BCUT2D eigenvalue weighted by atomic mass is 9.84. The van der Waals surface area contributed by atoms with Gasteiger partial charge >= 0.3 is 6.18 Å². The SMILES string of the molecule is COCC(=O)N1CC(F)(c2ccc(C3=CC(c4cc(Cl)c(F)c(Cl)c4)(C(F)(F)F)ON3)cc2C#N)C1. The molecule has 0 saturated carbocycles. The third kappa shape index (κ3) is 4.28. The number of ether oxygens (including phenoxy) is 1. The molecule has 2 heterocycles. The molecule has 1 fully saturated rings. The second-order valence-electron chi connectivity index (χ2n) is 8.27. The molecule has 0 radical (unpaired) electrons. The van der Waals surface area contributed by atoms with E-state index >= 15 is 4.39 Å². The number of amides is 1. The van der Waals surface area contributed by atoms with Crippen LogP contribution in [0.4, 0.5) is 22.0 Å². The molecule has 190 valence electrons. The lowest BCUT2D eigenvalue weighted by Gasteiger charge is -2.44. The van der Waals surface area contributed by atoms with Gasteiger partial charge < -0.3 is 9.64 Å². The fourth-order valence-corrected chi connectivity index (χ4v) is 4.56. The van der Waals surface area contributed by atoms with Crippen LogP contribution >= 0.6 is 23.2 Å². The highest BCUT2D eigenvalue weighted by molar-refractivity contribution is 6.35. The maximum atomic E-state index is 15.4. The van der Waals surface area contributed by atoms with Gasteiger partial charge in [0.1, 0.15) is 6.61 Å². The Morgan fingerprint density at radius 3 is 2.44 bits per heavy atom. The molecule has 1 saturated heterocycles. The Morgan fingerprint density at radius 2 is 1.89 bits per heavy atom. The summed E-state index contributed by atoms with van der Waals surface area (Å²) >= 11 is 11.4. The Hall–Kier alpha value is -2.91. The molecular formula is C23H16Cl2F5N3O3. The van der Waals surface area contributed by atoms with Crippen LogP contribution in [0.2, 0.25) is 10.0 Å². The molecule has 0 aromatic heterocycles. The molecule has 2 aromatic rings. The monoisotopic (exact) mass is 547 g/mol. The van der Waals surface area contributed by atoms with E-state index in [9.17, 15) is 27.6 Å². The van der Waals surface area contributed by atoms with Crippen molar-refractivity contribution in [2.24, 2.45) is 0 Å². The van der Waals surface area contributed by atoms with Gasteiger partial charge in [-0.2, -0.15) is 18.4 Å². The van der Waals surface area contributed by atoms with Gasteiger partial charge in [-0.3, -0.25) is 15.1 Å². The van der Waals surface area contributed by atoms with Crippen molar-refractivity contribution < 1.29 is 36.3 Å². The van der Waals surface area contributed by atoms with E-state index < -0.39 is 44.8 Å². The maximum absolute atomic E-state index is 15.4. The Bertz CT molecular complexity index is 1280. The van der Waals surface area contributed by atoms with Gasteiger partial charge in [0.05, 0.1) is 40.5 Å². The number of alkyl halides is 4. The summed E-state index contributed by atoms with van der Waals surface area (Å²) < 4.78 is 76.6. The van der Waals surface area contributed by atoms with Gasteiger partial charge in [0.15, 0.2) is 11.5 Å². The molecule has 36 heavy (non-hydrogen) atoms. The summed E-state index contributed by atoms with van der Waals surface area (Å²) in [6.07, 6.45) is -4.33. The molecular weight excluding hydrogens is 532 g/mol. The first-order valence-corrected chi connectivity index (χ1v) is 11.0. The number of methoxy groups -OCH3 is 1. The van der Waals surface area contributed by atoms with E-state index in [4.69, 9.17) is 32.8 Å². The van der Waals surface area contributed by atoms with Crippen molar-refractivity contribution in [1.82, 2.24) is 10.4 Å². The first-order valence-electron chi connectivity index (χ1n) is 10.2. The van der Waals surface area contributed by atoms with Gasteiger partial charge in [0.2, 0.25) is 11.5 Å². The van der Waals surface area contributed by atoms with Crippen molar-refractivity contribution in [3.63, 3.8) is 0 Å². The predicted molar refractivity (Wildman–Crippen MR) is 119 cm³/mol. The second-order valence-corrected chi connectivity index (χ2v) is 9.08. The molecule has 1 atom stereocenters. The first-order chi connectivity index (χ1) is 16.8. The Kier molecular flexibility index (Phi) is 6.68. The molecule has 13 heteroatoms. The van der Waals surface area contributed by atoms with Gasteiger partial charge in [-0.15, -0.1) is 0 Å². The zero-order valence-electron chi connectivity index (χ0n) is 18.4. The highest BCUT2D eigenvalue weighted by atomic mass is 35.5. The molecule has 0 spiro atoms. The average molecular weight is 548 g/mol. The molecule has 6 nitrogen and oxygen atoms in total. The van der Waals surface area contributed by atoms with E-state index in [1.54, 1.807) is 0 Å². The van der Waals surface area contributed by atoms with Crippen molar-refractivity contribution in [3.8, 4) is 6.07 Å². The topological polar surface area (TPSA) is 74.6 Å². The third-order valence-corrected chi connectivity index (χ3v) is 6.49. The van der Waals surface area contributed by atoms with Gasteiger partial charge in [-0.25, -0.2) is 8.78 Å². The van der Waals surface area contributed by atoms with Crippen LogP contribution in [0, 0.1) is 17.1 Å². The molecule has 1 unspecified atom stereocenters. The van der Waals surface area contributed by atoms with E-state index in [1.165, 1.54) is 30.2 Å². The number of hydroxylamine groups is 1. The van der Waals surface area contributed by atoms with Crippen LogP contribution in [0.25, 0.3) is 5.70 Å². The highest BCUT2D eigenvalue weighted by Crippen LogP contribution is 2.49. The minimum absolute atomic E-state index is 0.00563. The molecule has 1 amide bonds. The van der Waals surface area contributed by atoms with E-state index in [0.29, 0.717) is 6.08 Å². The summed E-state index contributed by atoms with van der Waals surface area (Å²) in [7, 11) is 1.33. The number of hydrogen-bond acceptors (Lipinski definition) is 5. The zero-order valence-corrected chi connectivity index (χ0v) is 19.9. The second kappa shape index (κ2) is 9.19. The Morgan fingerprint density at radius 1 is 1.25 bits per heavy atom. The van der Waals surface area contributed by atoms with E-state index in [-0.39, 0.29) is 42.1 Å². The van der Waals surface area contributed by atoms with Crippen molar-refractivity contribution >= 4 is 34.8 Å². The van der Waals surface area contributed by atoms with E-state index in [1.807, 2.05) is 6.07 Å². The lowest BCUT2D eigenvalue weighted by molar-refractivity contribution is -0.269. The van der Waals surface area contributed by atoms with Gasteiger partial charge in [0.25, 0.3) is 0 Å². The summed E-state index contributed by atoms with van der Waals surface area (Å²) in [6, 6.07) is 7.14. The molecule has 0 bridgehead atoms. The molecule has 0 aliphatic carbocycles. The largest absolute Gasteiger partial charge is 0.428 e. The summed E-state index contributed by atoms with van der Waals surface area (Å²) in [5, 5.41) is 8.33. The molecule has 2 aromatic carbocycles. The fraction of sp³-hybridized carbons (Fsp3) is 0.304. The molecule has 1 N–H and O–H groups in total. The predicted octanol–water partition coefficient (Wildman–Crippen LogP) is 4.99. The van der Waals surface area contributed by atoms with Crippen LogP contribution in [0.5, 0.6) is 0 Å². The average Bonchev–Trinajstić information content (AvgIpc) is 3.27. The lowest BCUT2D eigenvalue weighted by Crippen LogP contribution is -2.59. The summed E-state index contributed by atoms with van der Waals surface area (Å²) in [4.78, 5) is 18.0. The van der Waals surface area contributed by atoms with Crippen LogP contribution < -0.4 is 5.48 Å². The van der Waals surface area contributed by atoms with Crippen molar-refractivity contribution in [3.05, 3.63) is 74.5 Å². The smallest absolute Gasteiger partial charge is 0.375 e. The van der Waals surface area contributed by atoms with Crippen LogP contribution in [-0.2, 0) is 25.6 Å². The van der Waals surface area contributed by atoms with Gasteiger partial charge in [-0.1, -0.05) is 35.3 Å². The van der Waals surface area contributed by atoms with Gasteiger partial charge in [-0.05, 0) is 24.3 Å². The molecule has 2 aliphatic heterocycles. The van der Waals surface area contributed by atoms with Crippen molar-refractivity contribution in [2.75, 3.05) is 26.8 Å². The number of benzene rings is 2. The minimum Gasteiger partial charge on any atom is -0.375 e. The van der Waals surface area contributed by atoms with E-state index in [2.05, 4.69) is 5.48 Å². The number of carbonyl (C=O) groups is 1. The van der Waals surface area contributed by atoms with Crippen LogP contribution in [0.15, 0.2) is 36.4 Å². The normalized spacial score (nSPS) is 20.9. The number of nitriles is 1. The van der Waals surface area contributed by atoms with Crippen LogP contribution in [0.1, 0.15) is 22.3 Å². The molecule has 4 rings (SSSR count). The van der Waals surface area contributed by atoms with Crippen LogP contribution in [0.3, 0.4) is 0 Å². The number of nitrogens with one attached hydrogen (secondary N) is 1. The van der Waals surface area contributed by atoms with Crippen LogP contribution in [-0.4, -0.2) is 43.8 Å². The summed E-state index contributed by atoms with van der Waals surface area (Å²) in [6.45, 7) is -0.807. The maximum Gasteiger partial charge on any atom is 0.428 e. The number of carbonyl (C=O) groups excluding carboxylic acids is 1. The summed E-state index contributed by atoms with van der Waals surface area (Å²) in [5.74, 6) is -1.50. The van der Waals surface area contributed by atoms with E-state index in [0.717, 1.165) is 12.1 Å². The Balaban J connectivity index is 1.69. The van der Waals surface area contributed by atoms with Crippen molar-refractivity contribution in [2.45, 2.75) is 17.4 Å². The minimum atomic E-state index is -5.03. The number of nitrogens with zero attached hydrogens (tertiary/aromatic N) is 2. The highest BCUT2D eigenvalue weighted by Gasteiger charge is 2.60. The fourth-order valence-electron chi connectivity index (χ4n) is 4.07. The standard InChI is InChI=1S/C23H16Cl2F5N3O3/c1-35-9-19(34)33-10-21(27,11-33)15-3-2-12(4-13(15)8-31)18-7-22(36-32-18,23(28,29)30)14-5-16(24)20(26)17(25)6-14/h2-7,32H,9-11H2,1H3. The summed E-state index contributed by atoms with van der Waals surface area (Å²) in [5.41, 5.74) is -3.69. The van der Waals surface area contributed by atoms with Crippen molar-refractivity contribution in [1.29, 1.82) is 5.26 Å². The first kappa shape index (κ1) is 26.2. The molecule has 2 aliphatic rings. The number of rotatable bonds is 5. The third-order valence-electron chi connectivity index (χ3n) is 5.94. The van der Waals surface area contributed by atoms with Gasteiger partial charge in [0, 0.05) is 23.8 Å². The quantitative estimate of drug-likeness (QED) is 0.421.